The predicted molar refractivity (Wildman–Crippen MR) is 102 cm³/mol. The Kier molecular flexibility index (Phi) is 5.15. The highest BCUT2D eigenvalue weighted by Crippen LogP contribution is 2.24. The van der Waals surface area contributed by atoms with Crippen molar-refractivity contribution in [1.82, 2.24) is 9.78 Å². The van der Waals surface area contributed by atoms with Gasteiger partial charge in [-0.1, -0.05) is 28.1 Å². The van der Waals surface area contributed by atoms with E-state index in [-0.39, 0.29) is 10.7 Å². The average Bonchev–Trinajstić information content (AvgIpc) is 2.84. The van der Waals surface area contributed by atoms with Gasteiger partial charge in [0, 0.05) is 4.47 Å². The summed E-state index contributed by atoms with van der Waals surface area (Å²) in [7, 11) is -3.71. The molecule has 1 N–H and O–H groups in total. The first-order chi connectivity index (χ1) is 12.3. The molecule has 3 rings (SSSR count). The molecule has 0 spiro atoms. The molecular weight excluding hydrogens is 421 g/mol. The molecule has 26 heavy (non-hydrogen) atoms. The van der Waals surface area contributed by atoms with Crippen LogP contribution in [0.2, 0.25) is 0 Å². The van der Waals surface area contributed by atoms with Gasteiger partial charge >= 0.3 is 0 Å². The summed E-state index contributed by atoms with van der Waals surface area (Å²) in [5.74, 6) is -0.301. The monoisotopic (exact) mass is 437 g/mol. The SMILES string of the molecule is Cc1nn(Cc2ccc(F)cc2)c(C)c1NS(=O)(=O)c1ccc(Br)cc1. The average molecular weight is 438 g/mol. The molecule has 0 amide bonds. The molecule has 0 fully saturated rings. The first-order valence-corrected chi connectivity index (χ1v) is 10.1. The first kappa shape index (κ1) is 18.6. The van der Waals surface area contributed by atoms with Crippen molar-refractivity contribution >= 4 is 31.6 Å². The van der Waals surface area contributed by atoms with Crippen molar-refractivity contribution in [2.45, 2.75) is 25.3 Å². The highest BCUT2D eigenvalue weighted by molar-refractivity contribution is 9.10. The molecule has 0 unspecified atom stereocenters. The minimum Gasteiger partial charge on any atom is -0.276 e. The van der Waals surface area contributed by atoms with Crippen LogP contribution in [-0.2, 0) is 16.6 Å². The zero-order chi connectivity index (χ0) is 18.9. The summed E-state index contributed by atoms with van der Waals surface area (Å²) in [6.07, 6.45) is 0. The zero-order valence-corrected chi connectivity index (χ0v) is 16.6. The van der Waals surface area contributed by atoms with E-state index in [2.05, 4.69) is 25.8 Å². The Bertz CT molecular complexity index is 1030. The van der Waals surface area contributed by atoms with Crippen LogP contribution in [0.3, 0.4) is 0 Å². The molecule has 0 saturated carbocycles. The summed E-state index contributed by atoms with van der Waals surface area (Å²) in [4.78, 5) is 0.172. The fourth-order valence-electron chi connectivity index (χ4n) is 2.57. The largest absolute Gasteiger partial charge is 0.276 e. The van der Waals surface area contributed by atoms with Crippen LogP contribution in [-0.4, -0.2) is 18.2 Å². The predicted octanol–water partition coefficient (Wildman–Crippen LogP) is 4.25. The van der Waals surface area contributed by atoms with E-state index in [1.54, 1.807) is 42.8 Å². The van der Waals surface area contributed by atoms with Gasteiger partial charge < -0.3 is 0 Å². The number of aryl methyl sites for hydroxylation is 1. The number of nitrogens with one attached hydrogen (secondary N) is 1. The van der Waals surface area contributed by atoms with E-state index in [1.807, 2.05) is 0 Å². The fraction of sp³-hybridized carbons (Fsp3) is 0.167. The topological polar surface area (TPSA) is 64.0 Å². The minimum absolute atomic E-state index is 0.172. The number of halogens is 2. The molecule has 0 aliphatic heterocycles. The Morgan fingerprint density at radius 2 is 1.69 bits per heavy atom. The number of nitrogens with zero attached hydrogens (tertiary/aromatic N) is 2. The maximum atomic E-state index is 13.0. The lowest BCUT2D eigenvalue weighted by Crippen LogP contribution is -2.14. The van der Waals surface area contributed by atoms with Gasteiger partial charge in [-0.15, -0.1) is 0 Å². The fourth-order valence-corrected chi connectivity index (χ4v) is 4.01. The zero-order valence-electron chi connectivity index (χ0n) is 14.2. The molecule has 0 atom stereocenters. The third-order valence-electron chi connectivity index (χ3n) is 3.99. The van der Waals surface area contributed by atoms with Crippen molar-refractivity contribution in [3.8, 4) is 0 Å². The summed E-state index contributed by atoms with van der Waals surface area (Å²) in [5, 5.41) is 4.41. The van der Waals surface area contributed by atoms with Gasteiger partial charge in [-0.2, -0.15) is 5.10 Å². The second-order valence-electron chi connectivity index (χ2n) is 5.89. The third kappa shape index (κ3) is 3.96. The summed E-state index contributed by atoms with van der Waals surface area (Å²) >= 11 is 3.29. The van der Waals surface area contributed by atoms with E-state index >= 15 is 0 Å². The highest BCUT2D eigenvalue weighted by atomic mass is 79.9. The number of aromatic nitrogens is 2. The Morgan fingerprint density at radius 3 is 2.31 bits per heavy atom. The number of rotatable bonds is 5. The summed E-state index contributed by atoms with van der Waals surface area (Å²) in [6, 6.07) is 12.5. The summed E-state index contributed by atoms with van der Waals surface area (Å²) in [5.41, 5.74) is 2.59. The second-order valence-corrected chi connectivity index (χ2v) is 8.49. The second kappa shape index (κ2) is 7.20. The smallest absolute Gasteiger partial charge is 0.262 e. The van der Waals surface area contributed by atoms with Gasteiger partial charge in [0.15, 0.2) is 0 Å². The molecule has 3 aromatic rings. The molecule has 0 saturated heterocycles. The number of hydrogen-bond donors (Lipinski definition) is 1. The van der Waals surface area contributed by atoms with Crippen molar-refractivity contribution in [2.24, 2.45) is 0 Å². The Labute approximate surface area is 160 Å². The summed E-state index contributed by atoms with van der Waals surface area (Å²) in [6.45, 7) is 3.96. The van der Waals surface area contributed by atoms with Crippen molar-refractivity contribution < 1.29 is 12.8 Å². The quantitative estimate of drug-likeness (QED) is 0.648. The van der Waals surface area contributed by atoms with Crippen LogP contribution in [0.15, 0.2) is 57.9 Å². The first-order valence-electron chi connectivity index (χ1n) is 7.83. The molecule has 5 nitrogen and oxygen atoms in total. The van der Waals surface area contributed by atoms with Crippen LogP contribution >= 0.6 is 15.9 Å². The molecule has 1 heterocycles. The van der Waals surface area contributed by atoms with Crippen molar-refractivity contribution in [2.75, 3.05) is 4.72 Å². The normalized spacial score (nSPS) is 11.5. The van der Waals surface area contributed by atoms with Gasteiger partial charge in [-0.25, -0.2) is 12.8 Å². The number of anilines is 1. The number of hydrogen-bond acceptors (Lipinski definition) is 3. The van der Waals surface area contributed by atoms with Crippen molar-refractivity contribution in [1.29, 1.82) is 0 Å². The van der Waals surface area contributed by atoms with Crippen LogP contribution in [0.4, 0.5) is 10.1 Å². The van der Waals surface area contributed by atoms with Gasteiger partial charge in [0.05, 0.1) is 28.5 Å². The molecule has 0 radical (unpaired) electrons. The van der Waals surface area contributed by atoms with Crippen molar-refractivity contribution in [3.05, 3.63) is 75.8 Å². The highest BCUT2D eigenvalue weighted by Gasteiger charge is 2.20. The third-order valence-corrected chi connectivity index (χ3v) is 5.88. The number of benzene rings is 2. The lowest BCUT2D eigenvalue weighted by atomic mass is 10.2. The van der Waals surface area contributed by atoms with Crippen LogP contribution in [0, 0.1) is 19.7 Å². The maximum absolute atomic E-state index is 13.0. The van der Waals surface area contributed by atoms with E-state index in [0.717, 1.165) is 10.0 Å². The Hall–Kier alpha value is -2.19. The Balaban J connectivity index is 1.88. The molecule has 136 valence electrons. The van der Waals surface area contributed by atoms with Gasteiger partial charge in [0.25, 0.3) is 10.0 Å². The van der Waals surface area contributed by atoms with Crippen LogP contribution in [0.1, 0.15) is 17.0 Å². The molecule has 2 aromatic carbocycles. The molecule has 0 bridgehead atoms. The van der Waals surface area contributed by atoms with E-state index in [1.165, 1.54) is 24.3 Å². The lowest BCUT2D eigenvalue weighted by molar-refractivity contribution is 0.601. The van der Waals surface area contributed by atoms with Gasteiger partial charge in [0.2, 0.25) is 0 Å². The molecule has 8 heteroatoms. The number of sulfonamides is 1. The van der Waals surface area contributed by atoms with Crippen LogP contribution in [0.5, 0.6) is 0 Å². The Morgan fingerprint density at radius 1 is 1.08 bits per heavy atom. The standard InChI is InChI=1S/C18H17BrFN3O2S/c1-12-18(22-26(24,25)17-9-5-15(19)6-10-17)13(2)23(21-12)11-14-3-7-16(20)8-4-14/h3-10,22H,11H2,1-2H3. The lowest BCUT2D eigenvalue weighted by Gasteiger charge is -2.09. The minimum atomic E-state index is -3.71. The van der Waals surface area contributed by atoms with Gasteiger partial charge in [-0.05, 0) is 55.8 Å². The van der Waals surface area contributed by atoms with Gasteiger partial charge in [-0.3, -0.25) is 9.40 Å². The van der Waals surface area contributed by atoms with Crippen LogP contribution < -0.4 is 4.72 Å². The molecule has 0 aliphatic carbocycles. The van der Waals surface area contributed by atoms with E-state index < -0.39 is 10.0 Å². The summed E-state index contributed by atoms with van der Waals surface area (Å²) < 4.78 is 43.4. The molecule has 1 aromatic heterocycles. The molecule has 0 aliphatic rings. The van der Waals surface area contributed by atoms with Crippen molar-refractivity contribution in [3.63, 3.8) is 0 Å². The molecular formula is C18H17BrFN3O2S. The maximum Gasteiger partial charge on any atom is 0.262 e. The van der Waals surface area contributed by atoms with E-state index in [0.29, 0.717) is 23.6 Å². The van der Waals surface area contributed by atoms with Gasteiger partial charge in [0.1, 0.15) is 5.82 Å². The van der Waals surface area contributed by atoms with E-state index in [9.17, 15) is 12.8 Å². The van der Waals surface area contributed by atoms with E-state index in [4.69, 9.17) is 0 Å². The van der Waals surface area contributed by atoms with Crippen LogP contribution in [0.25, 0.3) is 0 Å².